The molecule has 0 atom stereocenters. The molecule has 0 bridgehead atoms. The van der Waals surface area contributed by atoms with Crippen LogP contribution in [0, 0.1) is 0 Å². The predicted octanol–water partition coefficient (Wildman–Crippen LogP) is 3.19. The fraction of sp³-hybridized carbons (Fsp3) is 0.333. The van der Waals surface area contributed by atoms with Crippen LogP contribution in [-0.4, -0.2) is 7.11 Å². The lowest BCUT2D eigenvalue weighted by Crippen LogP contribution is -2.12. The Kier molecular flexibility index (Phi) is 4.82. The molecule has 1 heterocycles. The minimum atomic E-state index is 0.728. The van der Waals surface area contributed by atoms with Gasteiger partial charge in [-0.3, -0.25) is 0 Å². The highest BCUT2D eigenvalue weighted by molar-refractivity contribution is 7.11. The summed E-state index contributed by atoms with van der Waals surface area (Å²) >= 11 is 1.87. The molecule has 4 heteroatoms. The predicted molar refractivity (Wildman–Crippen MR) is 81.6 cm³/mol. The zero-order valence-corrected chi connectivity index (χ0v) is 12.2. The Labute approximate surface area is 118 Å². The fourth-order valence-electron chi connectivity index (χ4n) is 1.93. The Balaban J connectivity index is 1.92. The van der Waals surface area contributed by atoms with Crippen LogP contribution in [0.4, 0.5) is 5.69 Å². The van der Waals surface area contributed by atoms with Crippen LogP contribution in [0.25, 0.3) is 0 Å². The molecule has 0 aliphatic rings. The number of thiophene rings is 1. The molecule has 0 unspecified atom stereocenters. The summed E-state index contributed by atoms with van der Waals surface area (Å²) in [5.41, 5.74) is 7.60. The largest absolute Gasteiger partial charge is 0.496 e. The first-order valence-corrected chi connectivity index (χ1v) is 7.25. The topological polar surface area (TPSA) is 47.3 Å². The number of ether oxygens (including phenoxy) is 1. The summed E-state index contributed by atoms with van der Waals surface area (Å²) in [6, 6.07) is 10.2. The van der Waals surface area contributed by atoms with Crippen LogP contribution in [0.1, 0.15) is 22.2 Å². The van der Waals surface area contributed by atoms with E-state index in [2.05, 4.69) is 24.4 Å². The Bertz CT molecular complexity index is 537. The molecule has 3 nitrogen and oxygen atoms in total. The van der Waals surface area contributed by atoms with Crippen LogP contribution in [-0.2, 0) is 19.5 Å². The molecule has 0 aliphatic carbocycles. The molecule has 3 N–H and O–H groups in total. The summed E-state index contributed by atoms with van der Waals surface area (Å²) in [6.45, 7) is 3.85. The minimum absolute atomic E-state index is 0.728. The van der Waals surface area contributed by atoms with E-state index in [1.807, 2.05) is 29.5 Å². The number of anilines is 1. The van der Waals surface area contributed by atoms with E-state index in [0.717, 1.165) is 36.5 Å². The first-order chi connectivity index (χ1) is 9.22. The lowest BCUT2D eigenvalue weighted by atomic mass is 10.2. The summed E-state index contributed by atoms with van der Waals surface area (Å²) < 4.78 is 5.33. The van der Waals surface area contributed by atoms with E-state index in [0.29, 0.717) is 0 Å². The fourth-order valence-corrected chi connectivity index (χ4v) is 2.86. The van der Waals surface area contributed by atoms with Gasteiger partial charge < -0.3 is 15.8 Å². The molecule has 0 aliphatic heterocycles. The van der Waals surface area contributed by atoms with Crippen LogP contribution in [0.15, 0.2) is 30.3 Å². The van der Waals surface area contributed by atoms with Gasteiger partial charge in [-0.1, -0.05) is 13.0 Å². The SMILES string of the molecule is CCc1ccc(CNCc2ccc(N)cc2OC)s1. The van der Waals surface area contributed by atoms with Crippen molar-refractivity contribution in [3.05, 3.63) is 45.6 Å². The van der Waals surface area contributed by atoms with Crippen molar-refractivity contribution < 1.29 is 4.74 Å². The van der Waals surface area contributed by atoms with E-state index in [9.17, 15) is 0 Å². The van der Waals surface area contributed by atoms with Crippen molar-refractivity contribution in [2.75, 3.05) is 12.8 Å². The molecular weight excluding hydrogens is 256 g/mol. The summed E-state index contributed by atoms with van der Waals surface area (Å²) in [5, 5.41) is 3.44. The second-order valence-corrected chi connectivity index (χ2v) is 5.65. The van der Waals surface area contributed by atoms with Gasteiger partial charge in [-0.2, -0.15) is 0 Å². The van der Waals surface area contributed by atoms with Crippen LogP contribution in [0.2, 0.25) is 0 Å². The average molecular weight is 276 g/mol. The van der Waals surface area contributed by atoms with Crippen LogP contribution in [0.3, 0.4) is 0 Å². The summed E-state index contributed by atoms with van der Waals surface area (Å²) in [5.74, 6) is 0.841. The van der Waals surface area contributed by atoms with Gasteiger partial charge in [0.05, 0.1) is 7.11 Å². The van der Waals surface area contributed by atoms with Crippen molar-refractivity contribution in [1.82, 2.24) is 5.32 Å². The van der Waals surface area contributed by atoms with Gasteiger partial charge in [0.15, 0.2) is 0 Å². The maximum atomic E-state index is 5.74. The average Bonchev–Trinajstić information content (AvgIpc) is 2.88. The number of methoxy groups -OCH3 is 1. The molecule has 0 amide bonds. The second kappa shape index (κ2) is 6.59. The van der Waals surface area contributed by atoms with E-state index >= 15 is 0 Å². The molecule has 2 rings (SSSR count). The maximum absolute atomic E-state index is 5.74. The number of hydrogen-bond acceptors (Lipinski definition) is 4. The number of nitrogens with one attached hydrogen (secondary N) is 1. The number of nitrogen functional groups attached to an aromatic ring is 1. The highest BCUT2D eigenvalue weighted by atomic mass is 32.1. The lowest BCUT2D eigenvalue weighted by molar-refractivity contribution is 0.408. The van der Waals surface area contributed by atoms with Crippen molar-refractivity contribution in [1.29, 1.82) is 0 Å². The van der Waals surface area contributed by atoms with Crippen LogP contribution >= 0.6 is 11.3 Å². The zero-order chi connectivity index (χ0) is 13.7. The maximum Gasteiger partial charge on any atom is 0.125 e. The van der Waals surface area contributed by atoms with Gasteiger partial charge in [0.1, 0.15) is 5.75 Å². The smallest absolute Gasteiger partial charge is 0.125 e. The molecule has 19 heavy (non-hydrogen) atoms. The molecule has 0 fully saturated rings. The second-order valence-electron chi connectivity index (χ2n) is 4.40. The Morgan fingerprint density at radius 1 is 1.16 bits per heavy atom. The standard InChI is InChI=1S/C15H20N2OS/c1-3-13-6-7-14(19-13)10-17-9-11-4-5-12(16)8-15(11)18-2/h4-8,17H,3,9-10,16H2,1-2H3. The van der Waals surface area contributed by atoms with E-state index in [-0.39, 0.29) is 0 Å². The number of benzene rings is 1. The quantitative estimate of drug-likeness (QED) is 0.797. The van der Waals surface area contributed by atoms with E-state index in [1.165, 1.54) is 9.75 Å². The van der Waals surface area contributed by atoms with E-state index in [1.54, 1.807) is 7.11 Å². The first kappa shape index (κ1) is 13.9. The van der Waals surface area contributed by atoms with Gasteiger partial charge in [0.25, 0.3) is 0 Å². The van der Waals surface area contributed by atoms with Gasteiger partial charge in [0, 0.05) is 40.2 Å². The first-order valence-electron chi connectivity index (χ1n) is 6.43. The Morgan fingerprint density at radius 3 is 2.63 bits per heavy atom. The number of nitrogens with two attached hydrogens (primary N) is 1. The van der Waals surface area contributed by atoms with Crippen LogP contribution in [0.5, 0.6) is 5.75 Å². The summed E-state index contributed by atoms with van der Waals surface area (Å²) in [6.07, 6.45) is 1.11. The highest BCUT2D eigenvalue weighted by Gasteiger charge is 2.04. The van der Waals surface area contributed by atoms with Gasteiger partial charge in [-0.05, 0) is 24.6 Å². The molecule has 2 aromatic rings. The Hall–Kier alpha value is -1.52. The van der Waals surface area contributed by atoms with Gasteiger partial charge in [0.2, 0.25) is 0 Å². The van der Waals surface area contributed by atoms with Gasteiger partial charge in [-0.25, -0.2) is 0 Å². The highest BCUT2D eigenvalue weighted by Crippen LogP contribution is 2.22. The van der Waals surface area contributed by atoms with Crippen molar-refractivity contribution >= 4 is 17.0 Å². The molecule has 0 spiro atoms. The summed E-state index contributed by atoms with van der Waals surface area (Å²) in [4.78, 5) is 2.80. The number of aryl methyl sites for hydroxylation is 1. The zero-order valence-electron chi connectivity index (χ0n) is 11.4. The molecule has 102 valence electrons. The Morgan fingerprint density at radius 2 is 1.95 bits per heavy atom. The lowest BCUT2D eigenvalue weighted by Gasteiger charge is -2.10. The number of rotatable bonds is 6. The molecule has 0 radical (unpaired) electrons. The molecular formula is C15H20N2OS. The van der Waals surface area contributed by atoms with Crippen LogP contribution < -0.4 is 15.8 Å². The normalized spacial score (nSPS) is 10.6. The molecule has 1 aromatic heterocycles. The third-order valence-corrected chi connectivity index (χ3v) is 4.22. The monoisotopic (exact) mass is 276 g/mol. The third-order valence-electron chi connectivity index (χ3n) is 2.99. The minimum Gasteiger partial charge on any atom is -0.496 e. The van der Waals surface area contributed by atoms with Gasteiger partial charge >= 0.3 is 0 Å². The van der Waals surface area contributed by atoms with E-state index < -0.39 is 0 Å². The summed E-state index contributed by atoms with van der Waals surface area (Å²) in [7, 11) is 1.67. The molecule has 0 saturated heterocycles. The molecule has 1 aromatic carbocycles. The van der Waals surface area contributed by atoms with Crippen molar-refractivity contribution in [2.45, 2.75) is 26.4 Å². The molecule has 0 saturated carbocycles. The number of hydrogen-bond donors (Lipinski definition) is 2. The third kappa shape index (κ3) is 3.72. The van der Waals surface area contributed by atoms with Crippen molar-refractivity contribution in [3.8, 4) is 5.75 Å². The van der Waals surface area contributed by atoms with Crippen molar-refractivity contribution in [3.63, 3.8) is 0 Å². The van der Waals surface area contributed by atoms with E-state index in [4.69, 9.17) is 10.5 Å². The van der Waals surface area contributed by atoms with Crippen molar-refractivity contribution in [2.24, 2.45) is 0 Å². The van der Waals surface area contributed by atoms with Gasteiger partial charge in [-0.15, -0.1) is 11.3 Å².